The fourth-order valence-corrected chi connectivity index (χ4v) is 5.98. The second-order valence-corrected chi connectivity index (χ2v) is 6.94. The predicted octanol–water partition coefficient (Wildman–Crippen LogP) is 0.400. The molecule has 0 radical (unpaired) electrons. The highest BCUT2D eigenvalue weighted by Gasteiger charge is 2.45. The molecule has 0 saturated carbocycles. The molecule has 5 nitrogen and oxygen atoms in total. The second-order valence-electron chi connectivity index (χ2n) is 3.05. The molecule has 0 fully saturated rings. The second kappa shape index (κ2) is 3.03. The van der Waals surface area contributed by atoms with Gasteiger partial charge in [-0.05, 0) is 12.1 Å². The summed E-state index contributed by atoms with van der Waals surface area (Å²) >= 11 is 0. The van der Waals surface area contributed by atoms with Gasteiger partial charge in [0.25, 0.3) is 20.0 Å². The first-order valence-corrected chi connectivity index (χ1v) is 7.17. The molecule has 7 heteroatoms. The predicted molar refractivity (Wildman–Crippen MR) is 53.2 cm³/mol. The van der Waals surface area contributed by atoms with Crippen LogP contribution in [0.15, 0.2) is 34.1 Å². The summed E-state index contributed by atoms with van der Waals surface area (Å²) in [6.07, 6.45) is 0. The summed E-state index contributed by atoms with van der Waals surface area (Å²) in [5.41, 5.74) is 0. The van der Waals surface area contributed by atoms with Crippen LogP contribution in [-0.2, 0) is 20.0 Å². The molecule has 2 rings (SSSR count). The zero-order valence-corrected chi connectivity index (χ0v) is 9.55. The van der Waals surface area contributed by atoms with Crippen LogP contribution in [0.1, 0.15) is 6.92 Å². The molecular formula is C8H9NO4S2. The number of rotatable bonds is 1. The highest BCUT2D eigenvalue weighted by Crippen LogP contribution is 2.35. The van der Waals surface area contributed by atoms with Gasteiger partial charge in [0.2, 0.25) is 0 Å². The molecule has 1 heterocycles. The fourth-order valence-electron chi connectivity index (χ4n) is 1.56. The molecule has 0 atom stereocenters. The van der Waals surface area contributed by atoms with Gasteiger partial charge in [0.05, 0.1) is 0 Å². The number of hydrogen-bond donors (Lipinski definition) is 0. The Morgan fingerprint density at radius 3 is 1.73 bits per heavy atom. The van der Waals surface area contributed by atoms with Crippen LogP contribution in [0.2, 0.25) is 0 Å². The van der Waals surface area contributed by atoms with Crippen molar-refractivity contribution in [3.63, 3.8) is 0 Å². The summed E-state index contributed by atoms with van der Waals surface area (Å²) in [5.74, 6) is 0. The molecule has 0 bridgehead atoms. The van der Waals surface area contributed by atoms with Crippen molar-refractivity contribution in [1.29, 1.82) is 0 Å². The lowest BCUT2D eigenvalue weighted by Crippen LogP contribution is -2.29. The van der Waals surface area contributed by atoms with E-state index in [4.69, 9.17) is 0 Å². The van der Waals surface area contributed by atoms with E-state index in [1.54, 1.807) is 0 Å². The Labute approximate surface area is 88.4 Å². The van der Waals surface area contributed by atoms with Crippen LogP contribution in [0.25, 0.3) is 0 Å². The Balaban J connectivity index is 2.90. The normalized spacial score (nSPS) is 22.5. The van der Waals surface area contributed by atoms with Crippen molar-refractivity contribution in [2.75, 3.05) is 6.54 Å². The molecule has 1 aromatic rings. The molecule has 1 aliphatic heterocycles. The summed E-state index contributed by atoms with van der Waals surface area (Å²) in [6.45, 7) is 1.40. The largest absolute Gasteiger partial charge is 0.257 e. The zero-order valence-electron chi connectivity index (χ0n) is 7.91. The highest BCUT2D eigenvalue weighted by atomic mass is 32.3. The highest BCUT2D eigenvalue weighted by molar-refractivity contribution is 8.06. The maximum Gasteiger partial charge on any atom is 0.257 e. The van der Waals surface area contributed by atoms with E-state index in [1.807, 2.05) is 0 Å². The van der Waals surface area contributed by atoms with Crippen molar-refractivity contribution >= 4 is 20.0 Å². The summed E-state index contributed by atoms with van der Waals surface area (Å²) < 4.78 is 47.6. The van der Waals surface area contributed by atoms with Crippen molar-refractivity contribution in [1.82, 2.24) is 3.71 Å². The number of nitrogens with zero attached hydrogens (tertiary/aromatic N) is 1. The quantitative estimate of drug-likeness (QED) is 0.720. The van der Waals surface area contributed by atoms with E-state index in [0.717, 1.165) is 0 Å². The minimum absolute atomic E-state index is 0.0840. The third-order valence-electron chi connectivity index (χ3n) is 2.20. The van der Waals surface area contributed by atoms with Crippen molar-refractivity contribution in [2.24, 2.45) is 0 Å². The van der Waals surface area contributed by atoms with Crippen LogP contribution in [0.5, 0.6) is 0 Å². The first kappa shape index (κ1) is 10.6. The van der Waals surface area contributed by atoms with Gasteiger partial charge in [-0.2, -0.15) is 0 Å². The van der Waals surface area contributed by atoms with Gasteiger partial charge in [-0.1, -0.05) is 22.8 Å². The van der Waals surface area contributed by atoms with Gasteiger partial charge in [0.1, 0.15) is 9.79 Å². The van der Waals surface area contributed by atoms with Crippen molar-refractivity contribution < 1.29 is 16.8 Å². The minimum atomic E-state index is -3.86. The molecule has 1 aliphatic rings. The lowest BCUT2D eigenvalue weighted by Gasteiger charge is -2.09. The Morgan fingerprint density at radius 1 is 1.00 bits per heavy atom. The molecule has 0 saturated heterocycles. The summed E-state index contributed by atoms with van der Waals surface area (Å²) in [4.78, 5) is -0.265. The molecule has 0 aromatic heterocycles. The zero-order chi connectivity index (χ0) is 11.3. The van der Waals surface area contributed by atoms with Gasteiger partial charge in [-0.15, -0.1) is 0 Å². The van der Waals surface area contributed by atoms with Crippen molar-refractivity contribution in [3.05, 3.63) is 24.3 Å². The van der Waals surface area contributed by atoms with E-state index < -0.39 is 20.0 Å². The monoisotopic (exact) mass is 247 g/mol. The van der Waals surface area contributed by atoms with Crippen LogP contribution in [-0.4, -0.2) is 27.1 Å². The third kappa shape index (κ3) is 1.23. The number of benzene rings is 1. The standard InChI is InChI=1S/C8H9NO4S2/c1-2-9-14(10,11)7-5-3-4-6-8(7)15(9,12)13/h3-6H,2H2,1H3. The van der Waals surface area contributed by atoms with Crippen LogP contribution >= 0.6 is 0 Å². The van der Waals surface area contributed by atoms with Crippen LogP contribution in [0, 0.1) is 0 Å². The molecule has 0 unspecified atom stereocenters. The van der Waals surface area contributed by atoms with E-state index >= 15 is 0 Å². The van der Waals surface area contributed by atoms with Crippen LogP contribution in [0.4, 0.5) is 0 Å². The number of hydrogen-bond acceptors (Lipinski definition) is 4. The lowest BCUT2D eigenvalue weighted by molar-refractivity contribution is 0.518. The molecule has 1 aromatic carbocycles. The maximum atomic E-state index is 11.8. The van der Waals surface area contributed by atoms with Gasteiger partial charge < -0.3 is 0 Å². The molecule has 82 valence electrons. The lowest BCUT2D eigenvalue weighted by atomic mass is 10.4. The summed E-state index contributed by atoms with van der Waals surface area (Å²) in [6, 6.07) is 5.62. The molecule has 15 heavy (non-hydrogen) atoms. The molecular weight excluding hydrogens is 238 g/mol. The molecule has 0 aliphatic carbocycles. The Hall–Kier alpha value is -0.920. The topological polar surface area (TPSA) is 71.5 Å². The van der Waals surface area contributed by atoms with Gasteiger partial charge >= 0.3 is 0 Å². The van der Waals surface area contributed by atoms with Gasteiger partial charge in [-0.25, -0.2) is 16.8 Å². The van der Waals surface area contributed by atoms with Gasteiger partial charge in [0.15, 0.2) is 0 Å². The van der Waals surface area contributed by atoms with E-state index in [2.05, 4.69) is 0 Å². The van der Waals surface area contributed by atoms with Crippen LogP contribution in [0.3, 0.4) is 0 Å². The van der Waals surface area contributed by atoms with E-state index in [1.165, 1.54) is 31.2 Å². The first-order chi connectivity index (χ1) is 6.92. The Morgan fingerprint density at radius 2 is 1.40 bits per heavy atom. The summed E-state index contributed by atoms with van der Waals surface area (Å²) in [7, 11) is -7.72. The Bertz CT molecular complexity index is 550. The van der Waals surface area contributed by atoms with Crippen molar-refractivity contribution in [2.45, 2.75) is 16.7 Å². The Kier molecular flexibility index (Phi) is 2.14. The minimum Gasteiger partial charge on any atom is -0.206 e. The average molecular weight is 247 g/mol. The van der Waals surface area contributed by atoms with Gasteiger partial charge in [-0.3, -0.25) is 0 Å². The van der Waals surface area contributed by atoms with E-state index in [9.17, 15) is 16.8 Å². The third-order valence-corrected chi connectivity index (χ3v) is 6.92. The SMILES string of the molecule is CCN1S(=O)(=O)c2ccccc2S1(=O)=O. The number of sulfonamides is 2. The van der Waals surface area contributed by atoms with Gasteiger partial charge in [0, 0.05) is 6.54 Å². The van der Waals surface area contributed by atoms with E-state index in [0.29, 0.717) is 3.71 Å². The first-order valence-electron chi connectivity index (χ1n) is 4.29. The van der Waals surface area contributed by atoms with Crippen molar-refractivity contribution in [3.8, 4) is 0 Å². The molecule has 0 amide bonds. The smallest absolute Gasteiger partial charge is 0.206 e. The maximum absolute atomic E-state index is 11.8. The van der Waals surface area contributed by atoms with E-state index in [-0.39, 0.29) is 16.3 Å². The molecule has 0 N–H and O–H groups in total. The molecule has 0 spiro atoms. The van der Waals surface area contributed by atoms with Crippen LogP contribution < -0.4 is 0 Å². The average Bonchev–Trinajstić information content (AvgIpc) is 2.32. The fraction of sp³-hybridized carbons (Fsp3) is 0.250. The summed E-state index contributed by atoms with van der Waals surface area (Å²) in [5, 5.41) is 0. The number of fused-ring (bicyclic) bond motifs is 1.